The molecule has 2 aliphatic heterocycles. The van der Waals surface area contributed by atoms with E-state index in [-0.39, 0.29) is 120 Å². The van der Waals surface area contributed by atoms with Gasteiger partial charge in [0.1, 0.15) is 0 Å². The number of fused-ring (bicyclic) bond motifs is 20. The molecule has 5 heterocycles. The fraction of sp³-hybridized carbons (Fsp3) is 0.421. The summed E-state index contributed by atoms with van der Waals surface area (Å²) >= 11 is 0. The second kappa shape index (κ2) is 33.6. The fourth-order valence-electron chi connectivity index (χ4n) is 11.1. The van der Waals surface area contributed by atoms with Crippen LogP contribution in [0.4, 0.5) is 0 Å². The van der Waals surface area contributed by atoms with Crippen LogP contribution in [0, 0.1) is 0 Å². The molecule has 0 aliphatic carbocycles. The highest BCUT2D eigenvalue weighted by atomic mass is 16.6. The van der Waals surface area contributed by atoms with Crippen molar-refractivity contribution in [2.75, 3.05) is 52.9 Å². The molecule has 0 fully saturated rings. The van der Waals surface area contributed by atoms with Gasteiger partial charge in [0.25, 0.3) is 0 Å². The van der Waals surface area contributed by atoms with Crippen molar-refractivity contribution in [3.05, 3.63) is 117 Å². The van der Waals surface area contributed by atoms with Gasteiger partial charge in [-0.05, 0) is 124 Å². The number of hydrogen-bond acceptors (Lipinski definition) is 18. The zero-order valence-electron chi connectivity index (χ0n) is 56.3. The van der Waals surface area contributed by atoms with E-state index >= 15 is 0 Å². The van der Waals surface area contributed by atoms with Gasteiger partial charge in [0.15, 0.2) is 0 Å². The Labute approximate surface area is 558 Å². The topological polar surface area (TPSA) is 268 Å². The molecule has 3 aromatic heterocycles. The lowest BCUT2D eigenvalue weighted by atomic mass is 9.95. The number of ether oxygens (including phenoxy) is 8. The monoisotopic (exact) mass is 1310 g/mol. The van der Waals surface area contributed by atoms with E-state index in [9.17, 15) is 38.4 Å². The number of carbonyl (C=O) groups excluding carboxylic acids is 8. The van der Waals surface area contributed by atoms with Crippen LogP contribution in [0.3, 0.4) is 0 Å². The van der Waals surface area contributed by atoms with Gasteiger partial charge in [-0.15, -0.1) is 0 Å². The average Bonchev–Trinajstić information content (AvgIpc) is 1.58. The van der Waals surface area contributed by atoms with Gasteiger partial charge in [0.2, 0.25) is 0 Å². The molecule has 7 aromatic rings. The number of esters is 8. The van der Waals surface area contributed by atoms with Crippen molar-refractivity contribution in [2.24, 2.45) is 0 Å². The van der Waals surface area contributed by atoms with Crippen molar-refractivity contribution < 1.29 is 76.3 Å². The van der Waals surface area contributed by atoms with E-state index in [1.807, 2.05) is 55.4 Å². The van der Waals surface area contributed by atoms with E-state index < -0.39 is 47.8 Å². The van der Waals surface area contributed by atoms with E-state index in [0.717, 1.165) is 51.4 Å². The van der Waals surface area contributed by atoms with Crippen LogP contribution in [0.25, 0.3) is 88.6 Å². The number of nitrogens with zero attached hydrogens (tertiary/aromatic N) is 2. The minimum Gasteiger partial charge on any atom is -0.462 e. The quantitative estimate of drug-likeness (QED) is 0.0225. The molecule has 0 spiro atoms. The van der Waals surface area contributed by atoms with Gasteiger partial charge < -0.3 is 47.9 Å². The van der Waals surface area contributed by atoms with Crippen molar-refractivity contribution in [3.63, 3.8) is 0 Å². The first kappa shape index (κ1) is 70.6. The number of aromatic amines is 2. The first-order chi connectivity index (χ1) is 46.6. The Morgan fingerprint density at radius 2 is 0.406 bits per heavy atom. The van der Waals surface area contributed by atoms with E-state index in [1.54, 1.807) is 72.8 Å². The number of hydrogen-bond donors (Lipinski definition) is 2. The van der Waals surface area contributed by atoms with Crippen molar-refractivity contribution in [2.45, 2.75) is 158 Å². The van der Waals surface area contributed by atoms with Crippen molar-refractivity contribution in [1.29, 1.82) is 0 Å². The van der Waals surface area contributed by atoms with E-state index in [2.05, 4.69) is 9.97 Å². The molecule has 0 unspecified atom stereocenters. The summed E-state index contributed by atoms with van der Waals surface area (Å²) in [5, 5.41) is 1.66. The summed E-state index contributed by atoms with van der Waals surface area (Å²) in [6, 6.07) is 19.3. The van der Waals surface area contributed by atoms with Crippen LogP contribution in [-0.4, -0.2) is 121 Å². The SMILES string of the molecule is CCCCOC(=O)c1cc2c(cc1C(=O)OCCCC)-c1cc3[nH]c(cc4nc(cc5[nH]c(cc-2n1)c1cc(C(=O)OCCCC)c(C(=O)OCCCC)cc51)-c1cc(C(=O)OCCCC)c(C(=O)OCCCC)cc1-4)c1cc(C(=O)OCCCC)c(C(=O)OCCCC)cc31. The van der Waals surface area contributed by atoms with Crippen LogP contribution in [0.1, 0.15) is 241 Å². The smallest absolute Gasteiger partial charge is 0.339 e. The number of nitrogens with one attached hydrogen (secondary N) is 2. The van der Waals surface area contributed by atoms with Crippen LogP contribution in [0.2, 0.25) is 0 Å². The molecule has 0 saturated heterocycles. The van der Waals surface area contributed by atoms with Gasteiger partial charge in [-0.2, -0.15) is 0 Å². The van der Waals surface area contributed by atoms with Gasteiger partial charge in [0, 0.05) is 65.9 Å². The summed E-state index contributed by atoms with van der Waals surface area (Å²) in [6.07, 6.45) is 10.4. The maximum absolute atomic E-state index is 14.4. The third-order valence-electron chi connectivity index (χ3n) is 16.6. The summed E-state index contributed by atoms with van der Waals surface area (Å²) < 4.78 is 46.5. The van der Waals surface area contributed by atoms with Crippen LogP contribution < -0.4 is 0 Å². The van der Waals surface area contributed by atoms with Crippen LogP contribution in [0.15, 0.2) is 72.8 Å². The molecular weight excluding hydrogens is 1220 g/mol. The molecule has 2 N–H and O–H groups in total. The lowest BCUT2D eigenvalue weighted by Crippen LogP contribution is -2.15. The standard InChI is InChI=1S/C76H86N4O16/c1-9-17-25-89-69(81)53-33-45-46(34-54(53)70(82)90-26-18-10-2)62-42-64-49-37-57(73(85)93-29-21-13-5)58(74(86)94-30-22-14-6)38-50(49)66(79-64)44-68-52-40-60(76(88)96-32-24-16-8)59(75(87)95-31-23-15-7)39-51(52)67(80-68)43-65-48-36-56(72(84)92-28-20-12-4)55(71(83)91-27-19-11-3)35-47(48)63(78-65)41-61(45)77-62/h33-44,77,80H,9-32H2,1-8H3. The second-order valence-electron chi connectivity index (χ2n) is 23.9. The Hall–Kier alpha value is -9.72. The summed E-state index contributed by atoms with van der Waals surface area (Å²) in [4.78, 5) is 133. The van der Waals surface area contributed by atoms with Gasteiger partial charge in [-0.1, -0.05) is 107 Å². The summed E-state index contributed by atoms with van der Waals surface area (Å²) in [6.45, 7) is 16.3. The number of unbranched alkanes of at least 4 members (excludes halogenated alkanes) is 8. The summed E-state index contributed by atoms with van der Waals surface area (Å²) in [7, 11) is 0. The Morgan fingerprint density at radius 3 is 0.562 bits per heavy atom. The highest BCUT2D eigenvalue weighted by Crippen LogP contribution is 2.44. The molecule has 20 nitrogen and oxygen atoms in total. The summed E-state index contributed by atoms with van der Waals surface area (Å²) in [5.41, 5.74) is 3.48. The Morgan fingerprint density at radius 1 is 0.250 bits per heavy atom. The number of carbonyl (C=O) groups is 8. The summed E-state index contributed by atoms with van der Waals surface area (Å²) in [5.74, 6) is -6.10. The third kappa shape index (κ3) is 16.1. The average molecular weight is 1310 g/mol. The van der Waals surface area contributed by atoms with E-state index in [4.69, 9.17) is 47.9 Å². The third-order valence-corrected chi connectivity index (χ3v) is 16.6. The van der Waals surface area contributed by atoms with E-state index in [0.29, 0.717) is 117 Å². The second-order valence-corrected chi connectivity index (χ2v) is 23.9. The lowest BCUT2D eigenvalue weighted by Gasteiger charge is -2.12. The molecule has 9 rings (SSSR count). The molecular formula is C76H86N4O16. The van der Waals surface area contributed by atoms with Crippen LogP contribution in [0.5, 0.6) is 0 Å². The molecule has 4 aromatic carbocycles. The molecule has 0 atom stereocenters. The maximum atomic E-state index is 14.4. The number of aromatic nitrogens is 4. The van der Waals surface area contributed by atoms with Gasteiger partial charge in [0.05, 0.1) is 120 Å². The number of rotatable bonds is 32. The largest absolute Gasteiger partial charge is 0.462 e. The molecule has 8 bridgehead atoms. The Bertz CT molecular complexity index is 3740. The molecule has 96 heavy (non-hydrogen) atoms. The predicted molar refractivity (Wildman–Crippen MR) is 366 cm³/mol. The van der Waals surface area contributed by atoms with Crippen LogP contribution >= 0.6 is 0 Å². The van der Waals surface area contributed by atoms with Crippen LogP contribution in [-0.2, 0) is 37.9 Å². The Balaban J connectivity index is 1.48. The molecule has 0 amide bonds. The highest BCUT2D eigenvalue weighted by Gasteiger charge is 2.32. The maximum Gasteiger partial charge on any atom is 0.339 e. The molecule has 0 saturated carbocycles. The van der Waals surface area contributed by atoms with Crippen molar-refractivity contribution in [3.8, 4) is 45.0 Å². The van der Waals surface area contributed by atoms with Crippen molar-refractivity contribution >= 4 is 91.4 Å². The molecule has 2 aliphatic rings. The zero-order valence-corrected chi connectivity index (χ0v) is 56.3. The van der Waals surface area contributed by atoms with Gasteiger partial charge in [-0.25, -0.2) is 48.3 Å². The first-order valence-electron chi connectivity index (χ1n) is 34.1. The first-order valence-corrected chi connectivity index (χ1v) is 34.1. The lowest BCUT2D eigenvalue weighted by molar-refractivity contribution is 0.0452. The minimum absolute atomic E-state index is 0.0672. The highest BCUT2D eigenvalue weighted by molar-refractivity contribution is 6.18. The molecule has 506 valence electrons. The van der Waals surface area contributed by atoms with Gasteiger partial charge in [-0.3, -0.25) is 0 Å². The molecule has 0 radical (unpaired) electrons. The number of H-pyrrole nitrogens is 2. The Kier molecular flexibility index (Phi) is 24.7. The zero-order chi connectivity index (χ0) is 68.4. The van der Waals surface area contributed by atoms with Gasteiger partial charge >= 0.3 is 47.8 Å². The van der Waals surface area contributed by atoms with E-state index in [1.165, 1.54) is 0 Å². The normalized spacial score (nSPS) is 11.4. The fourth-order valence-corrected chi connectivity index (χ4v) is 11.1. The molecule has 20 heteroatoms. The van der Waals surface area contributed by atoms with Crippen molar-refractivity contribution in [1.82, 2.24) is 19.9 Å². The number of benzene rings is 4. The minimum atomic E-state index is -0.764. The predicted octanol–water partition coefficient (Wildman–Crippen LogP) is 16.9.